The molecule has 0 bridgehead atoms. The highest BCUT2D eigenvalue weighted by Gasteiger charge is 2.28. The zero-order chi connectivity index (χ0) is 27.3. The monoisotopic (exact) mass is 557 g/mol. The van der Waals surface area contributed by atoms with Gasteiger partial charge in [0.2, 0.25) is 11.6 Å². The van der Waals surface area contributed by atoms with Crippen LogP contribution in [0.15, 0.2) is 59.1 Å². The third-order valence-electron chi connectivity index (χ3n) is 5.03. The van der Waals surface area contributed by atoms with Crippen molar-refractivity contribution in [3.63, 3.8) is 0 Å². The molecule has 3 aromatic heterocycles. The van der Waals surface area contributed by atoms with Crippen molar-refractivity contribution in [2.75, 3.05) is 25.0 Å². The fourth-order valence-corrected chi connectivity index (χ4v) is 5.57. The Balaban J connectivity index is 1.87. The molecule has 0 saturated carbocycles. The summed E-state index contributed by atoms with van der Waals surface area (Å²) < 4.78 is 46.7. The van der Waals surface area contributed by atoms with Gasteiger partial charge in [0.15, 0.2) is 23.1 Å². The lowest BCUT2D eigenvalue weighted by Gasteiger charge is -2.18. The van der Waals surface area contributed by atoms with Crippen molar-refractivity contribution in [1.82, 2.24) is 19.9 Å². The van der Waals surface area contributed by atoms with E-state index in [1.54, 1.807) is 42.5 Å². The van der Waals surface area contributed by atoms with E-state index in [0.29, 0.717) is 5.75 Å². The molecule has 3 heterocycles. The number of hydrogen-bond acceptors (Lipinski definition) is 11. The van der Waals surface area contributed by atoms with Gasteiger partial charge in [-0.3, -0.25) is 4.72 Å². The maximum Gasteiger partial charge on any atom is 0.272 e. The molecule has 38 heavy (non-hydrogen) atoms. The topological polar surface area (TPSA) is 146 Å². The molecule has 0 atom stereocenters. The smallest absolute Gasteiger partial charge is 0.272 e. The van der Waals surface area contributed by atoms with Gasteiger partial charge in [-0.05, 0) is 35.7 Å². The molecule has 0 unspecified atom stereocenters. The number of aliphatic hydroxyl groups is 1. The van der Waals surface area contributed by atoms with Crippen molar-refractivity contribution in [3.05, 3.63) is 59.7 Å². The quantitative estimate of drug-likeness (QED) is 0.290. The summed E-state index contributed by atoms with van der Waals surface area (Å²) in [5.74, 6) is 0.329. The number of nitrogens with zero attached hydrogens (tertiary/aromatic N) is 4. The van der Waals surface area contributed by atoms with E-state index < -0.39 is 10.0 Å². The van der Waals surface area contributed by atoms with Crippen LogP contribution in [0.25, 0.3) is 11.6 Å². The Labute approximate surface area is 224 Å². The molecule has 200 valence electrons. The van der Waals surface area contributed by atoms with Gasteiger partial charge in [-0.1, -0.05) is 32.9 Å². The molecule has 0 aliphatic carbocycles. The van der Waals surface area contributed by atoms with Crippen LogP contribution in [0.4, 0.5) is 5.82 Å². The molecule has 0 aliphatic heterocycles. The van der Waals surface area contributed by atoms with Gasteiger partial charge in [0.1, 0.15) is 10.8 Å². The van der Waals surface area contributed by atoms with Crippen LogP contribution in [0.1, 0.15) is 25.6 Å². The van der Waals surface area contributed by atoms with Crippen LogP contribution in [-0.4, -0.2) is 53.8 Å². The number of rotatable bonds is 10. The number of aromatic nitrogens is 4. The minimum atomic E-state index is -4.10. The number of anilines is 1. The lowest BCUT2D eigenvalue weighted by Crippen LogP contribution is -2.16. The highest BCUT2D eigenvalue weighted by molar-refractivity contribution is 7.94. The predicted octanol–water partition coefficient (Wildman–Crippen LogP) is 4.27. The molecule has 0 saturated heterocycles. The summed E-state index contributed by atoms with van der Waals surface area (Å²) in [6.07, 6.45) is 3.01. The van der Waals surface area contributed by atoms with E-state index in [-0.39, 0.29) is 57.7 Å². The van der Waals surface area contributed by atoms with Crippen LogP contribution >= 0.6 is 11.3 Å². The van der Waals surface area contributed by atoms with Gasteiger partial charge in [-0.2, -0.15) is 4.98 Å². The van der Waals surface area contributed by atoms with Gasteiger partial charge in [-0.15, -0.1) is 11.3 Å². The molecule has 0 aliphatic rings. The molecule has 1 aromatic carbocycles. The van der Waals surface area contributed by atoms with E-state index in [2.05, 4.69) is 24.7 Å². The van der Waals surface area contributed by atoms with E-state index in [4.69, 9.17) is 14.2 Å². The molecular formula is C25H27N5O6S2. The van der Waals surface area contributed by atoms with Crippen LogP contribution in [0.2, 0.25) is 0 Å². The number of ether oxygens (including phenoxy) is 3. The lowest BCUT2D eigenvalue weighted by atomic mass is 9.95. The van der Waals surface area contributed by atoms with Crippen molar-refractivity contribution >= 4 is 27.2 Å². The third-order valence-corrected chi connectivity index (χ3v) is 8.37. The predicted molar refractivity (Wildman–Crippen MR) is 143 cm³/mol. The highest BCUT2D eigenvalue weighted by atomic mass is 32.2. The summed E-state index contributed by atoms with van der Waals surface area (Å²) in [5.41, 5.74) is -0.228. The summed E-state index contributed by atoms with van der Waals surface area (Å²) in [5, 5.41) is 9.39. The molecule has 4 rings (SSSR count). The van der Waals surface area contributed by atoms with E-state index in [9.17, 15) is 13.5 Å². The summed E-state index contributed by atoms with van der Waals surface area (Å²) in [6.45, 7) is 5.55. The molecule has 2 N–H and O–H groups in total. The van der Waals surface area contributed by atoms with Gasteiger partial charge in [-0.25, -0.2) is 23.4 Å². The standard InChI is InChI=1S/C25H27N5O6S2/c1-25(2,3)18-10-11-19(37-18)38(32,33)30-21-20(36-17-9-6-5-8-16(17)34-4)24(35-15-14-31)29-23(28-21)22-26-12-7-13-27-22/h5-13,31H,14-15H2,1-4H3,(H,28,29,30). The average Bonchev–Trinajstić information content (AvgIpc) is 3.42. The number of sulfonamides is 1. The Morgan fingerprint density at radius 2 is 1.68 bits per heavy atom. The molecule has 0 amide bonds. The fraction of sp³-hybridized carbons (Fsp3) is 0.280. The first-order valence-corrected chi connectivity index (χ1v) is 13.8. The highest BCUT2D eigenvalue weighted by Crippen LogP contribution is 2.42. The first-order valence-electron chi connectivity index (χ1n) is 11.5. The molecule has 13 heteroatoms. The SMILES string of the molecule is COc1ccccc1Oc1c(NS(=O)(=O)c2ccc(C(C)(C)C)s2)nc(-c2ncccn2)nc1OCCO. The molecule has 0 radical (unpaired) electrons. The zero-order valence-corrected chi connectivity index (χ0v) is 22.8. The number of methoxy groups -OCH3 is 1. The largest absolute Gasteiger partial charge is 0.493 e. The van der Waals surface area contributed by atoms with E-state index >= 15 is 0 Å². The number of aliphatic hydroxyl groups excluding tert-OH is 1. The molecule has 0 fully saturated rings. The first-order chi connectivity index (χ1) is 18.1. The Hall–Kier alpha value is -3.81. The Bertz CT molecular complexity index is 1500. The molecule has 11 nitrogen and oxygen atoms in total. The van der Waals surface area contributed by atoms with Crippen LogP contribution in [0.3, 0.4) is 0 Å². The van der Waals surface area contributed by atoms with Gasteiger partial charge in [0.25, 0.3) is 15.9 Å². The molecular weight excluding hydrogens is 530 g/mol. The van der Waals surface area contributed by atoms with Crippen LogP contribution in [0.5, 0.6) is 23.1 Å². The van der Waals surface area contributed by atoms with Crippen molar-refractivity contribution in [1.29, 1.82) is 0 Å². The van der Waals surface area contributed by atoms with Crippen molar-refractivity contribution < 1.29 is 27.7 Å². The summed E-state index contributed by atoms with van der Waals surface area (Å²) in [4.78, 5) is 18.0. The van der Waals surface area contributed by atoms with Crippen LogP contribution < -0.4 is 18.9 Å². The van der Waals surface area contributed by atoms with E-state index in [1.807, 2.05) is 20.8 Å². The molecule has 4 aromatic rings. The summed E-state index contributed by atoms with van der Waals surface area (Å²) in [6, 6.07) is 11.7. The maximum atomic E-state index is 13.5. The molecule has 0 spiro atoms. The fourth-order valence-electron chi connectivity index (χ4n) is 3.20. The van der Waals surface area contributed by atoms with E-state index in [1.165, 1.54) is 19.5 Å². The second-order valence-electron chi connectivity index (χ2n) is 8.90. The third kappa shape index (κ3) is 6.18. The van der Waals surface area contributed by atoms with Gasteiger partial charge >= 0.3 is 0 Å². The number of nitrogens with one attached hydrogen (secondary N) is 1. The van der Waals surface area contributed by atoms with E-state index in [0.717, 1.165) is 16.2 Å². The normalized spacial score (nSPS) is 11.7. The summed E-state index contributed by atoms with van der Waals surface area (Å²) >= 11 is 1.16. The van der Waals surface area contributed by atoms with Crippen molar-refractivity contribution in [3.8, 4) is 34.8 Å². The average molecular weight is 558 g/mol. The van der Waals surface area contributed by atoms with Gasteiger partial charge < -0.3 is 19.3 Å². The Kier molecular flexibility index (Phi) is 8.09. The second kappa shape index (κ2) is 11.3. The lowest BCUT2D eigenvalue weighted by molar-refractivity contribution is 0.192. The Morgan fingerprint density at radius 1 is 0.974 bits per heavy atom. The van der Waals surface area contributed by atoms with Gasteiger partial charge in [0.05, 0.1) is 13.7 Å². The number of benzene rings is 1. The zero-order valence-electron chi connectivity index (χ0n) is 21.2. The second-order valence-corrected chi connectivity index (χ2v) is 11.9. The number of thiophene rings is 1. The number of para-hydroxylation sites is 2. The first kappa shape index (κ1) is 27.2. The van der Waals surface area contributed by atoms with Crippen molar-refractivity contribution in [2.45, 2.75) is 30.4 Å². The van der Waals surface area contributed by atoms with Crippen molar-refractivity contribution in [2.24, 2.45) is 0 Å². The summed E-state index contributed by atoms with van der Waals surface area (Å²) in [7, 11) is -2.62. The number of hydrogen-bond donors (Lipinski definition) is 2. The minimum Gasteiger partial charge on any atom is -0.493 e. The maximum absolute atomic E-state index is 13.5. The van der Waals surface area contributed by atoms with Crippen LogP contribution in [-0.2, 0) is 15.4 Å². The Morgan fingerprint density at radius 3 is 2.32 bits per heavy atom. The van der Waals surface area contributed by atoms with Crippen LogP contribution in [0, 0.1) is 0 Å². The minimum absolute atomic E-state index is 0.00910. The van der Waals surface area contributed by atoms with Gasteiger partial charge in [0, 0.05) is 17.3 Å².